The highest BCUT2D eigenvalue weighted by molar-refractivity contribution is 5.40. The van der Waals surface area contributed by atoms with Crippen LogP contribution in [0.15, 0.2) is 18.2 Å². The zero-order valence-corrected chi connectivity index (χ0v) is 14.7. The first-order chi connectivity index (χ1) is 8.88. The highest BCUT2D eigenvalue weighted by atomic mass is 14.5. The Labute approximate surface area is 126 Å². The van der Waals surface area contributed by atoms with E-state index in [4.69, 9.17) is 5.73 Å². The Morgan fingerprint density at radius 3 is 1.35 bits per heavy atom. The van der Waals surface area contributed by atoms with Crippen molar-refractivity contribution in [2.45, 2.75) is 78.1 Å². The summed E-state index contributed by atoms with van der Waals surface area (Å²) < 4.78 is 0. The van der Waals surface area contributed by atoms with Gasteiger partial charge in [0.25, 0.3) is 0 Å². The summed E-state index contributed by atoms with van der Waals surface area (Å²) in [5.41, 5.74) is 10.5. The van der Waals surface area contributed by atoms with Crippen molar-refractivity contribution in [3.05, 3.63) is 34.9 Å². The molecule has 0 atom stereocenters. The monoisotopic (exact) mass is 275 g/mol. The second kappa shape index (κ2) is 5.52. The minimum absolute atomic E-state index is 0.135. The molecule has 0 fully saturated rings. The summed E-state index contributed by atoms with van der Waals surface area (Å²) in [4.78, 5) is 0. The summed E-state index contributed by atoms with van der Waals surface area (Å²) in [6, 6.07) is 7.14. The Bertz CT molecular complexity index is 423. The fourth-order valence-corrected chi connectivity index (χ4v) is 2.39. The van der Waals surface area contributed by atoms with E-state index in [0.29, 0.717) is 0 Å². The predicted octanol–water partition coefficient (Wildman–Crippen LogP) is 4.91. The van der Waals surface area contributed by atoms with Gasteiger partial charge in [-0.2, -0.15) is 0 Å². The van der Waals surface area contributed by atoms with Crippen LogP contribution in [0, 0.1) is 0 Å². The van der Waals surface area contributed by atoms with E-state index in [1.807, 2.05) is 0 Å². The van der Waals surface area contributed by atoms with Gasteiger partial charge in [0.1, 0.15) is 0 Å². The second-order valence-corrected chi connectivity index (χ2v) is 8.72. The molecule has 0 bridgehead atoms. The first kappa shape index (κ1) is 17.2. The van der Waals surface area contributed by atoms with E-state index >= 15 is 0 Å². The average Bonchev–Trinajstić information content (AvgIpc) is 2.26. The van der Waals surface area contributed by atoms with E-state index in [0.717, 1.165) is 13.0 Å². The van der Waals surface area contributed by atoms with Crippen LogP contribution < -0.4 is 5.73 Å². The van der Waals surface area contributed by atoms with Crippen LogP contribution in [0.3, 0.4) is 0 Å². The maximum atomic E-state index is 5.80. The summed E-state index contributed by atoms with van der Waals surface area (Å²) >= 11 is 0. The Kier molecular flexibility index (Phi) is 4.76. The molecule has 0 unspecified atom stereocenters. The molecule has 20 heavy (non-hydrogen) atoms. The molecule has 0 saturated heterocycles. The lowest BCUT2D eigenvalue weighted by Gasteiger charge is -2.31. The van der Waals surface area contributed by atoms with Crippen molar-refractivity contribution in [1.29, 1.82) is 0 Å². The number of benzene rings is 1. The molecule has 1 heteroatoms. The molecule has 1 nitrogen and oxygen atoms in total. The standard InChI is InChI=1S/C19H33N/c1-17(2,3)14-11-15(18(4,5)6)13-16(12-14)19(7,8)9-10-20/h11-13H,9-10,20H2,1-8H3. The number of rotatable bonds is 3. The predicted molar refractivity (Wildman–Crippen MR) is 90.5 cm³/mol. The van der Waals surface area contributed by atoms with Crippen molar-refractivity contribution < 1.29 is 0 Å². The molecule has 1 aromatic carbocycles. The normalized spacial score (nSPS) is 13.7. The Morgan fingerprint density at radius 1 is 0.700 bits per heavy atom. The molecular weight excluding hydrogens is 242 g/mol. The van der Waals surface area contributed by atoms with E-state index in [-0.39, 0.29) is 16.2 Å². The first-order valence-electron chi connectivity index (χ1n) is 7.74. The van der Waals surface area contributed by atoms with Gasteiger partial charge in [-0.25, -0.2) is 0 Å². The SMILES string of the molecule is CC(C)(C)c1cc(C(C)(C)C)cc(C(C)(C)CCN)c1. The Balaban J connectivity index is 3.46. The summed E-state index contributed by atoms with van der Waals surface area (Å²) in [6.45, 7) is 19.1. The molecular formula is C19H33N. The van der Waals surface area contributed by atoms with E-state index in [9.17, 15) is 0 Å². The molecule has 0 aromatic heterocycles. The van der Waals surface area contributed by atoms with E-state index in [1.54, 1.807) is 0 Å². The molecule has 0 aliphatic carbocycles. The van der Waals surface area contributed by atoms with Gasteiger partial charge in [0.05, 0.1) is 0 Å². The molecule has 0 amide bonds. The third kappa shape index (κ3) is 4.09. The molecule has 0 spiro atoms. The molecule has 0 radical (unpaired) electrons. The van der Waals surface area contributed by atoms with Crippen molar-refractivity contribution in [2.75, 3.05) is 6.54 Å². The molecule has 1 aromatic rings. The number of hydrogen-bond acceptors (Lipinski definition) is 1. The van der Waals surface area contributed by atoms with E-state index in [2.05, 4.69) is 73.6 Å². The van der Waals surface area contributed by atoms with Gasteiger partial charge in [0.15, 0.2) is 0 Å². The summed E-state index contributed by atoms with van der Waals surface area (Å²) in [5, 5.41) is 0. The van der Waals surface area contributed by atoms with Crippen LogP contribution >= 0.6 is 0 Å². The molecule has 1 rings (SSSR count). The Morgan fingerprint density at radius 2 is 1.05 bits per heavy atom. The zero-order valence-electron chi connectivity index (χ0n) is 14.7. The average molecular weight is 275 g/mol. The molecule has 0 aliphatic heterocycles. The molecule has 0 saturated carbocycles. The third-order valence-electron chi connectivity index (χ3n) is 4.22. The highest BCUT2D eigenvalue weighted by Gasteiger charge is 2.26. The maximum Gasteiger partial charge on any atom is -0.00690 e. The highest BCUT2D eigenvalue weighted by Crippen LogP contribution is 2.35. The van der Waals surface area contributed by atoms with Gasteiger partial charge in [-0.15, -0.1) is 0 Å². The van der Waals surface area contributed by atoms with Gasteiger partial charge in [0.2, 0.25) is 0 Å². The van der Waals surface area contributed by atoms with Crippen molar-refractivity contribution in [1.82, 2.24) is 0 Å². The molecule has 0 heterocycles. The summed E-state index contributed by atoms with van der Waals surface area (Å²) in [7, 11) is 0. The van der Waals surface area contributed by atoms with Crippen LogP contribution in [0.25, 0.3) is 0 Å². The lowest BCUT2D eigenvalue weighted by molar-refractivity contribution is 0.481. The second-order valence-electron chi connectivity index (χ2n) is 8.72. The van der Waals surface area contributed by atoms with Crippen LogP contribution in [0.1, 0.15) is 78.5 Å². The maximum absolute atomic E-state index is 5.80. The van der Waals surface area contributed by atoms with Crippen LogP contribution in [0.5, 0.6) is 0 Å². The lowest BCUT2D eigenvalue weighted by atomic mass is 9.74. The van der Waals surface area contributed by atoms with Crippen molar-refractivity contribution >= 4 is 0 Å². The zero-order chi connectivity index (χ0) is 15.8. The number of hydrogen-bond donors (Lipinski definition) is 1. The van der Waals surface area contributed by atoms with Crippen LogP contribution in [0.2, 0.25) is 0 Å². The largest absolute Gasteiger partial charge is 0.330 e. The van der Waals surface area contributed by atoms with Gasteiger partial charge in [0, 0.05) is 0 Å². The molecule has 2 N–H and O–H groups in total. The van der Waals surface area contributed by atoms with Gasteiger partial charge in [-0.3, -0.25) is 0 Å². The van der Waals surface area contributed by atoms with E-state index in [1.165, 1.54) is 16.7 Å². The quantitative estimate of drug-likeness (QED) is 0.833. The summed E-state index contributed by atoms with van der Waals surface area (Å²) in [5.74, 6) is 0. The van der Waals surface area contributed by atoms with Gasteiger partial charge >= 0.3 is 0 Å². The van der Waals surface area contributed by atoms with Crippen molar-refractivity contribution in [3.8, 4) is 0 Å². The van der Waals surface area contributed by atoms with Crippen molar-refractivity contribution in [2.24, 2.45) is 5.73 Å². The fraction of sp³-hybridized carbons (Fsp3) is 0.684. The molecule has 0 aliphatic rings. The Hall–Kier alpha value is -0.820. The third-order valence-corrected chi connectivity index (χ3v) is 4.22. The minimum atomic E-state index is 0.135. The van der Waals surface area contributed by atoms with E-state index < -0.39 is 0 Å². The topological polar surface area (TPSA) is 26.0 Å². The van der Waals surface area contributed by atoms with Crippen LogP contribution in [-0.2, 0) is 16.2 Å². The van der Waals surface area contributed by atoms with Gasteiger partial charge in [-0.1, -0.05) is 73.6 Å². The first-order valence-corrected chi connectivity index (χ1v) is 7.74. The van der Waals surface area contributed by atoms with Gasteiger partial charge in [-0.05, 0) is 45.9 Å². The molecule has 114 valence electrons. The minimum Gasteiger partial charge on any atom is -0.330 e. The number of nitrogens with two attached hydrogens (primary N) is 1. The van der Waals surface area contributed by atoms with Crippen molar-refractivity contribution in [3.63, 3.8) is 0 Å². The summed E-state index contributed by atoms with van der Waals surface area (Å²) in [6.07, 6.45) is 1.02. The van der Waals surface area contributed by atoms with Crippen LogP contribution in [-0.4, -0.2) is 6.54 Å². The van der Waals surface area contributed by atoms with Gasteiger partial charge < -0.3 is 5.73 Å². The van der Waals surface area contributed by atoms with Crippen LogP contribution in [0.4, 0.5) is 0 Å². The smallest absolute Gasteiger partial charge is 0.00690 e. The lowest BCUT2D eigenvalue weighted by Crippen LogP contribution is -2.24. The fourth-order valence-electron chi connectivity index (χ4n) is 2.39.